The maximum Gasteiger partial charge on any atom is 0.418 e. The molecule has 2 unspecified atom stereocenters. The molecular weight excluding hydrogens is 716 g/mol. The van der Waals surface area contributed by atoms with Crippen molar-refractivity contribution in [3.05, 3.63) is 64.1 Å². The Hall–Kier alpha value is -4.01. The number of imide groups is 1. The summed E-state index contributed by atoms with van der Waals surface area (Å²) in [6.45, 7) is 3.97. The van der Waals surface area contributed by atoms with Crippen LogP contribution in [0.2, 0.25) is 5.02 Å². The van der Waals surface area contributed by atoms with Crippen molar-refractivity contribution in [2.45, 2.75) is 108 Å². The van der Waals surface area contributed by atoms with Gasteiger partial charge in [-0.2, -0.15) is 0 Å². The van der Waals surface area contributed by atoms with Crippen LogP contribution in [0.4, 0.5) is 16.2 Å². The minimum Gasteiger partial charge on any atom is -0.491 e. The van der Waals surface area contributed by atoms with Crippen molar-refractivity contribution >= 4 is 68.0 Å². The molecule has 0 spiro atoms. The van der Waals surface area contributed by atoms with Gasteiger partial charge in [-0.15, -0.1) is 11.3 Å². The zero-order valence-corrected chi connectivity index (χ0v) is 31.3. The smallest absolute Gasteiger partial charge is 0.418 e. The maximum absolute atomic E-state index is 13.6. The zero-order valence-electron chi connectivity index (χ0n) is 28.9. The largest absolute Gasteiger partial charge is 0.491 e. The predicted octanol–water partition coefficient (Wildman–Crippen LogP) is 8.23. The lowest BCUT2D eigenvalue weighted by Crippen LogP contribution is -2.52. The fourth-order valence-electron chi connectivity index (χ4n) is 5.58. The second kappa shape index (κ2) is 19.6. The third-order valence-electron chi connectivity index (χ3n) is 8.39. The monoisotopic (exact) mass is 760 g/mol. The second-order valence-electron chi connectivity index (χ2n) is 12.3. The summed E-state index contributed by atoms with van der Waals surface area (Å²) in [5, 5.41) is 3.71. The van der Waals surface area contributed by atoms with E-state index in [1.54, 1.807) is 24.3 Å². The van der Waals surface area contributed by atoms with Crippen LogP contribution in [0.15, 0.2) is 58.3 Å². The highest BCUT2D eigenvalue weighted by molar-refractivity contribution is 7.92. The molecule has 0 aliphatic carbocycles. The summed E-state index contributed by atoms with van der Waals surface area (Å²) in [4.78, 5) is 56.2. The number of nitrogens with zero attached hydrogens (tertiary/aromatic N) is 2. The zero-order chi connectivity index (χ0) is 36.8. The molecule has 0 saturated carbocycles. The first-order valence-electron chi connectivity index (χ1n) is 17.3. The molecule has 12 nitrogen and oxygen atoms in total. The van der Waals surface area contributed by atoms with E-state index >= 15 is 0 Å². The van der Waals surface area contributed by atoms with Gasteiger partial charge in [0.25, 0.3) is 21.8 Å². The van der Waals surface area contributed by atoms with Gasteiger partial charge in [-0.25, -0.2) is 23.1 Å². The molecule has 2 N–H and O–H groups in total. The minimum atomic E-state index is -4.23. The Labute approximate surface area is 308 Å². The quantitative estimate of drug-likeness (QED) is 0.0584. The molecule has 2 heterocycles. The number of aromatic nitrogens is 1. The Kier molecular flexibility index (Phi) is 15.3. The van der Waals surface area contributed by atoms with Crippen LogP contribution in [0.1, 0.15) is 101 Å². The highest BCUT2D eigenvalue weighted by atomic mass is 35.5. The number of carbonyl (C=O) groups is 4. The molecule has 276 valence electrons. The number of benzene rings is 2. The van der Waals surface area contributed by atoms with Gasteiger partial charge in [0.15, 0.2) is 12.1 Å². The number of hydrogen-bond donors (Lipinski definition) is 2. The molecule has 1 aromatic heterocycles. The molecule has 0 radical (unpaired) electrons. The molecule has 1 aliphatic heterocycles. The molecule has 3 aromatic rings. The number of halogens is 1. The number of rotatable bonds is 22. The number of Topliss-reactive ketones (excluding diaryl/α,β-unsaturated/α-hetero) is 1. The van der Waals surface area contributed by atoms with E-state index in [4.69, 9.17) is 21.1 Å². The summed E-state index contributed by atoms with van der Waals surface area (Å²) in [6.07, 6.45) is 12.2. The van der Waals surface area contributed by atoms with E-state index in [1.165, 1.54) is 87.7 Å². The van der Waals surface area contributed by atoms with Crippen LogP contribution in [-0.4, -0.2) is 60.7 Å². The van der Waals surface area contributed by atoms with Crippen molar-refractivity contribution in [3.63, 3.8) is 0 Å². The number of unbranched alkanes of at least 4 members (excludes halogenated alkanes) is 11. The van der Waals surface area contributed by atoms with Crippen LogP contribution in [-0.2, 0) is 24.3 Å². The first kappa shape index (κ1) is 39.8. The molecule has 4 rings (SSSR count). The summed E-state index contributed by atoms with van der Waals surface area (Å²) >= 11 is 7.41. The summed E-state index contributed by atoms with van der Waals surface area (Å²) in [5.74, 6) is -2.58. The number of thiazole rings is 1. The predicted molar refractivity (Wildman–Crippen MR) is 197 cm³/mol. The number of nitrogens with one attached hydrogen (secondary N) is 2. The Bertz CT molecular complexity index is 1750. The van der Waals surface area contributed by atoms with Crippen molar-refractivity contribution in [2.24, 2.45) is 0 Å². The lowest BCUT2D eigenvalue weighted by molar-refractivity contribution is -0.133. The first-order valence-corrected chi connectivity index (χ1v) is 20.1. The maximum atomic E-state index is 13.6. The van der Waals surface area contributed by atoms with Crippen molar-refractivity contribution in [3.8, 4) is 5.75 Å². The van der Waals surface area contributed by atoms with Crippen LogP contribution in [0, 0.1) is 0 Å². The van der Waals surface area contributed by atoms with E-state index in [0.29, 0.717) is 17.3 Å². The summed E-state index contributed by atoms with van der Waals surface area (Å²) < 4.78 is 40.5. The van der Waals surface area contributed by atoms with Gasteiger partial charge in [0.2, 0.25) is 5.78 Å². The normalized spacial score (nSPS) is 15.0. The van der Waals surface area contributed by atoms with Crippen LogP contribution in [0.3, 0.4) is 0 Å². The number of sulfonamides is 1. The molecule has 1 saturated heterocycles. The third kappa shape index (κ3) is 11.2. The van der Waals surface area contributed by atoms with E-state index in [2.05, 4.69) is 21.9 Å². The molecule has 1 aliphatic rings. The van der Waals surface area contributed by atoms with Gasteiger partial charge in [0, 0.05) is 5.38 Å². The van der Waals surface area contributed by atoms with E-state index in [0.717, 1.165) is 36.7 Å². The van der Waals surface area contributed by atoms with Crippen molar-refractivity contribution in [1.29, 1.82) is 0 Å². The molecular formula is C36H45ClN4O8S2. The summed E-state index contributed by atoms with van der Waals surface area (Å²) in [6, 6.07) is 8.31. The number of carbonyl (C=O) groups excluding carboxylic acids is 4. The lowest BCUT2D eigenvalue weighted by atomic mass is 10.1. The number of hydrogen-bond acceptors (Lipinski definition) is 10. The highest BCUT2D eigenvalue weighted by Gasteiger charge is 2.48. The van der Waals surface area contributed by atoms with Gasteiger partial charge in [-0.1, -0.05) is 101 Å². The van der Waals surface area contributed by atoms with Crippen LogP contribution < -0.4 is 14.8 Å². The van der Waals surface area contributed by atoms with E-state index in [9.17, 15) is 27.6 Å². The van der Waals surface area contributed by atoms with Crippen molar-refractivity contribution in [2.75, 3.05) is 16.6 Å². The standard InChI is InChI=1S/C36H45ClN4O8S2/c1-3-4-5-6-7-8-9-10-11-12-13-16-21-48-31-18-15-14-17-28(31)40-51(46,47)26-19-20-27(37)29(22-26)39-34(43)32(33(42)30-23-50-24-38-30)41-35(44)25(2)49-36(41)45/h14-15,17-20,22-25,32,40H,3-13,16,21H2,1-2H3,(H,39,43). The van der Waals surface area contributed by atoms with Crippen LogP contribution >= 0.6 is 22.9 Å². The number of anilines is 2. The van der Waals surface area contributed by atoms with Crippen LogP contribution in [0.5, 0.6) is 5.75 Å². The van der Waals surface area contributed by atoms with E-state index in [-0.39, 0.29) is 27.0 Å². The van der Waals surface area contributed by atoms with Gasteiger partial charge < -0.3 is 14.8 Å². The number of ketones is 1. The van der Waals surface area contributed by atoms with Crippen LogP contribution in [0.25, 0.3) is 0 Å². The number of ether oxygens (including phenoxy) is 2. The Morgan fingerprint density at radius 3 is 2.22 bits per heavy atom. The molecule has 15 heteroatoms. The Morgan fingerprint density at radius 1 is 0.961 bits per heavy atom. The van der Waals surface area contributed by atoms with Gasteiger partial charge >= 0.3 is 6.09 Å². The van der Waals surface area contributed by atoms with Crippen molar-refractivity contribution in [1.82, 2.24) is 9.88 Å². The molecule has 1 fully saturated rings. The van der Waals surface area contributed by atoms with Gasteiger partial charge in [0.05, 0.1) is 33.4 Å². The van der Waals surface area contributed by atoms with E-state index < -0.39 is 45.9 Å². The third-order valence-corrected chi connectivity index (χ3v) is 10.7. The average Bonchev–Trinajstić information content (AvgIpc) is 3.73. The fourth-order valence-corrected chi connectivity index (χ4v) is 7.38. The molecule has 0 bridgehead atoms. The lowest BCUT2D eigenvalue weighted by Gasteiger charge is -2.22. The SMILES string of the molecule is CCCCCCCCCCCCCCOc1ccccc1NS(=O)(=O)c1ccc(Cl)c(NC(=O)C(C(=O)c2cscn2)N2C(=O)OC(C)C2=O)c1. The topological polar surface area (TPSA) is 161 Å². The average molecular weight is 761 g/mol. The van der Waals surface area contributed by atoms with Gasteiger partial charge in [0.1, 0.15) is 11.4 Å². The second-order valence-corrected chi connectivity index (χ2v) is 15.2. The summed E-state index contributed by atoms with van der Waals surface area (Å²) in [7, 11) is -4.23. The van der Waals surface area contributed by atoms with E-state index in [1.807, 2.05) is 0 Å². The van der Waals surface area contributed by atoms with Gasteiger partial charge in [-0.05, 0) is 43.7 Å². The Morgan fingerprint density at radius 2 is 1.61 bits per heavy atom. The Balaban J connectivity index is 1.36. The van der Waals surface area contributed by atoms with Gasteiger partial charge in [-0.3, -0.25) is 19.1 Å². The number of cyclic esters (lactones) is 1. The first-order chi connectivity index (χ1) is 24.5. The minimum absolute atomic E-state index is 0.0583. The molecule has 2 aromatic carbocycles. The molecule has 51 heavy (non-hydrogen) atoms. The molecule has 2 atom stereocenters. The fraction of sp³-hybridized carbons (Fsp3) is 0.472. The molecule has 3 amide bonds. The number of para-hydroxylation sites is 2. The summed E-state index contributed by atoms with van der Waals surface area (Å²) in [5.41, 5.74) is 1.26. The highest BCUT2D eigenvalue weighted by Crippen LogP contribution is 2.31. The van der Waals surface area contributed by atoms with Crippen molar-refractivity contribution < 1.29 is 37.1 Å². The number of amides is 3.